The normalized spacial score (nSPS) is 11.0. The Morgan fingerprint density at radius 2 is 1.63 bits per heavy atom. The average Bonchev–Trinajstić information content (AvgIpc) is 3.36. The molecule has 146 valence electrons. The third-order valence-corrected chi connectivity index (χ3v) is 5.89. The van der Waals surface area contributed by atoms with Gasteiger partial charge in [0, 0.05) is 28.4 Å². The van der Waals surface area contributed by atoms with E-state index in [-0.39, 0.29) is 5.91 Å². The summed E-state index contributed by atoms with van der Waals surface area (Å²) < 4.78 is 1.86. The van der Waals surface area contributed by atoms with Crippen molar-refractivity contribution in [2.24, 2.45) is 0 Å². The Kier molecular flexibility index (Phi) is 4.65. The van der Waals surface area contributed by atoms with Crippen LogP contribution in [0, 0.1) is 6.92 Å². The number of para-hydroxylation sites is 1. The number of hydrogen-bond acceptors (Lipinski definition) is 3. The van der Waals surface area contributed by atoms with Crippen molar-refractivity contribution in [1.82, 2.24) is 9.38 Å². The van der Waals surface area contributed by atoms with Crippen molar-refractivity contribution in [2.45, 2.75) is 6.92 Å². The number of benzene rings is 3. The highest BCUT2D eigenvalue weighted by molar-refractivity contribution is 7.15. The van der Waals surface area contributed by atoms with Gasteiger partial charge in [-0.1, -0.05) is 78.4 Å². The Morgan fingerprint density at radius 3 is 2.43 bits per heavy atom. The van der Waals surface area contributed by atoms with Gasteiger partial charge in [-0.25, -0.2) is 4.98 Å². The van der Waals surface area contributed by atoms with Gasteiger partial charge < -0.3 is 5.32 Å². The lowest BCUT2D eigenvalue weighted by Crippen LogP contribution is -2.14. The van der Waals surface area contributed by atoms with Gasteiger partial charge in [0.25, 0.3) is 5.91 Å². The number of hydrogen-bond donors (Lipinski definition) is 1. The molecule has 0 bridgehead atoms. The zero-order valence-electron chi connectivity index (χ0n) is 16.4. The van der Waals surface area contributed by atoms with Crippen molar-refractivity contribution in [3.05, 3.63) is 102 Å². The number of carbonyl (C=O) groups is 1. The van der Waals surface area contributed by atoms with Gasteiger partial charge in [0.2, 0.25) is 0 Å². The summed E-state index contributed by atoms with van der Waals surface area (Å²) in [5.74, 6) is -0.155. The van der Waals surface area contributed by atoms with Crippen LogP contribution in [0.5, 0.6) is 0 Å². The number of amides is 1. The standard InChI is InChI=1S/C25H19N3OS/c1-17-11-13-19(14-12-17)22-15-28-23(16-30-25(28)27-22)24(29)26-21-10-6-5-9-20(21)18-7-3-2-4-8-18/h2-16H,1H3,(H,26,29). The molecule has 5 heteroatoms. The van der Waals surface area contributed by atoms with Crippen molar-refractivity contribution < 1.29 is 4.79 Å². The summed E-state index contributed by atoms with van der Waals surface area (Å²) in [7, 11) is 0. The number of thiazole rings is 1. The molecular weight excluding hydrogens is 390 g/mol. The van der Waals surface area contributed by atoms with Crippen LogP contribution >= 0.6 is 11.3 Å². The molecule has 1 N–H and O–H groups in total. The SMILES string of the molecule is Cc1ccc(-c2cn3c(C(=O)Nc4ccccc4-c4ccccc4)csc3n2)cc1. The van der Waals surface area contributed by atoms with Gasteiger partial charge in [0.15, 0.2) is 4.96 Å². The molecule has 0 aliphatic carbocycles. The molecular formula is C25H19N3OS. The van der Waals surface area contributed by atoms with Crippen LogP contribution < -0.4 is 5.32 Å². The first kappa shape index (κ1) is 18.3. The molecule has 2 heterocycles. The Morgan fingerprint density at radius 1 is 0.900 bits per heavy atom. The van der Waals surface area contributed by atoms with E-state index < -0.39 is 0 Å². The first-order valence-electron chi connectivity index (χ1n) is 9.68. The highest BCUT2D eigenvalue weighted by atomic mass is 32.1. The van der Waals surface area contributed by atoms with E-state index in [0.717, 1.165) is 33.0 Å². The molecule has 4 nitrogen and oxygen atoms in total. The molecule has 5 rings (SSSR count). The molecule has 2 aromatic heterocycles. The van der Waals surface area contributed by atoms with E-state index in [4.69, 9.17) is 0 Å². The number of nitrogens with one attached hydrogen (secondary N) is 1. The third-order valence-electron chi connectivity index (χ3n) is 5.05. The fourth-order valence-electron chi connectivity index (χ4n) is 3.46. The molecule has 0 radical (unpaired) electrons. The highest BCUT2D eigenvalue weighted by Gasteiger charge is 2.17. The minimum atomic E-state index is -0.155. The van der Waals surface area contributed by atoms with Gasteiger partial charge in [-0.3, -0.25) is 9.20 Å². The fraction of sp³-hybridized carbons (Fsp3) is 0.0400. The lowest BCUT2D eigenvalue weighted by molar-refractivity contribution is 0.102. The summed E-state index contributed by atoms with van der Waals surface area (Å²) in [6.07, 6.45) is 1.93. The largest absolute Gasteiger partial charge is 0.320 e. The molecule has 5 aromatic rings. The number of nitrogens with zero attached hydrogens (tertiary/aromatic N) is 2. The van der Waals surface area contributed by atoms with Crippen LogP contribution in [-0.4, -0.2) is 15.3 Å². The minimum absolute atomic E-state index is 0.155. The molecule has 0 unspecified atom stereocenters. The van der Waals surface area contributed by atoms with Crippen LogP contribution in [0.15, 0.2) is 90.4 Å². The molecule has 0 spiro atoms. The summed E-state index contributed by atoms with van der Waals surface area (Å²) in [6, 6.07) is 26.1. The summed E-state index contributed by atoms with van der Waals surface area (Å²) in [4.78, 5) is 18.6. The van der Waals surface area contributed by atoms with Gasteiger partial charge in [-0.2, -0.15) is 0 Å². The van der Waals surface area contributed by atoms with Crippen molar-refractivity contribution >= 4 is 27.9 Å². The van der Waals surface area contributed by atoms with Gasteiger partial charge in [0.05, 0.1) is 5.69 Å². The quantitative estimate of drug-likeness (QED) is 0.379. The van der Waals surface area contributed by atoms with Gasteiger partial charge in [-0.05, 0) is 18.6 Å². The van der Waals surface area contributed by atoms with E-state index in [1.54, 1.807) is 0 Å². The van der Waals surface area contributed by atoms with Gasteiger partial charge >= 0.3 is 0 Å². The van der Waals surface area contributed by atoms with Gasteiger partial charge in [0.1, 0.15) is 5.69 Å². The number of rotatable bonds is 4. The van der Waals surface area contributed by atoms with Crippen LogP contribution in [0.4, 0.5) is 5.69 Å². The molecule has 0 fully saturated rings. The number of imidazole rings is 1. The Balaban J connectivity index is 1.47. The molecule has 0 saturated heterocycles. The fourth-order valence-corrected chi connectivity index (χ4v) is 4.31. The van der Waals surface area contributed by atoms with Crippen LogP contribution in [0.25, 0.3) is 27.3 Å². The molecule has 0 saturated carbocycles. The maximum atomic E-state index is 13.1. The maximum absolute atomic E-state index is 13.1. The Hall–Kier alpha value is -3.70. The number of anilines is 1. The summed E-state index contributed by atoms with van der Waals surface area (Å²) in [5, 5.41) is 4.93. The molecule has 0 aliphatic heterocycles. The van der Waals surface area contributed by atoms with E-state index in [1.165, 1.54) is 16.9 Å². The molecule has 1 amide bonds. The smallest absolute Gasteiger partial charge is 0.273 e. The van der Waals surface area contributed by atoms with Crippen molar-refractivity contribution in [1.29, 1.82) is 0 Å². The predicted octanol–water partition coefficient (Wildman–Crippen LogP) is 6.29. The predicted molar refractivity (Wildman–Crippen MR) is 123 cm³/mol. The van der Waals surface area contributed by atoms with Crippen molar-refractivity contribution in [3.63, 3.8) is 0 Å². The molecule has 0 aliphatic rings. The summed E-state index contributed by atoms with van der Waals surface area (Å²) in [5.41, 5.74) is 6.52. The summed E-state index contributed by atoms with van der Waals surface area (Å²) >= 11 is 1.46. The topological polar surface area (TPSA) is 46.4 Å². The average molecular weight is 410 g/mol. The second-order valence-corrected chi connectivity index (χ2v) is 7.97. The number of aromatic nitrogens is 2. The lowest BCUT2D eigenvalue weighted by atomic mass is 10.0. The van der Waals surface area contributed by atoms with Crippen LogP contribution in [0.2, 0.25) is 0 Å². The lowest BCUT2D eigenvalue weighted by Gasteiger charge is -2.11. The van der Waals surface area contributed by atoms with Crippen LogP contribution in [0.1, 0.15) is 16.1 Å². The van der Waals surface area contributed by atoms with E-state index in [1.807, 2.05) is 70.6 Å². The van der Waals surface area contributed by atoms with E-state index >= 15 is 0 Å². The first-order chi connectivity index (χ1) is 14.7. The number of carbonyl (C=O) groups excluding carboxylic acids is 1. The summed E-state index contributed by atoms with van der Waals surface area (Å²) in [6.45, 7) is 2.06. The number of fused-ring (bicyclic) bond motifs is 1. The zero-order valence-corrected chi connectivity index (χ0v) is 17.2. The van der Waals surface area contributed by atoms with E-state index in [2.05, 4.69) is 41.5 Å². The second-order valence-electron chi connectivity index (χ2n) is 7.13. The molecule has 30 heavy (non-hydrogen) atoms. The Bertz CT molecular complexity index is 1330. The van der Waals surface area contributed by atoms with E-state index in [0.29, 0.717) is 5.69 Å². The molecule has 3 aromatic carbocycles. The van der Waals surface area contributed by atoms with Crippen molar-refractivity contribution in [2.75, 3.05) is 5.32 Å². The monoisotopic (exact) mass is 409 g/mol. The minimum Gasteiger partial charge on any atom is -0.320 e. The van der Waals surface area contributed by atoms with Crippen LogP contribution in [0.3, 0.4) is 0 Å². The van der Waals surface area contributed by atoms with Crippen molar-refractivity contribution in [3.8, 4) is 22.4 Å². The zero-order chi connectivity index (χ0) is 20.5. The van der Waals surface area contributed by atoms with E-state index in [9.17, 15) is 4.79 Å². The first-order valence-corrected chi connectivity index (χ1v) is 10.6. The second kappa shape index (κ2) is 7.61. The maximum Gasteiger partial charge on any atom is 0.273 e. The highest BCUT2D eigenvalue weighted by Crippen LogP contribution is 2.29. The molecule has 0 atom stereocenters. The van der Waals surface area contributed by atoms with Crippen LogP contribution in [-0.2, 0) is 0 Å². The van der Waals surface area contributed by atoms with Gasteiger partial charge in [-0.15, -0.1) is 11.3 Å². The third kappa shape index (κ3) is 3.40. The Labute approximate surface area is 178 Å². The number of aryl methyl sites for hydroxylation is 1.